The number of rotatable bonds is 7. The summed E-state index contributed by atoms with van der Waals surface area (Å²) in [4.78, 5) is 4.16. The van der Waals surface area contributed by atoms with E-state index in [1.165, 1.54) is 32.1 Å². The molecule has 0 amide bonds. The van der Waals surface area contributed by atoms with Crippen molar-refractivity contribution in [3.05, 3.63) is 0 Å². The Labute approximate surface area is 157 Å². The van der Waals surface area contributed by atoms with Gasteiger partial charge >= 0.3 is 0 Å². The van der Waals surface area contributed by atoms with Gasteiger partial charge in [-0.1, -0.05) is 32.1 Å². The predicted octanol–water partition coefficient (Wildman–Crippen LogP) is 1.95. The van der Waals surface area contributed by atoms with Crippen LogP contribution in [0.1, 0.15) is 57.8 Å². The Morgan fingerprint density at radius 1 is 1.04 bits per heavy atom. The van der Waals surface area contributed by atoms with Gasteiger partial charge in [0.05, 0.1) is 12.3 Å². The Balaban J connectivity index is 0.00000264. The molecule has 0 aromatic heterocycles. The third kappa shape index (κ3) is 8.53. The van der Waals surface area contributed by atoms with Crippen LogP contribution < -0.4 is 15.8 Å². The summed E-state index contributed by atoms with van der Waals surface area (Å²) < 4.78 is 26.4. The summed E-state index contributed by atoms with van der Waals surface area (Å²) in [6, 6.07) is 0.389. The molecule has 23 heavy (non-hydrogen) atoms. The molecule has 0 spiro atoms. The second-order valence-electron chi connectivity index (χ2n) is 6.56. The van der Waals surface area contributed by atoms with Crippen molar-refractivity contribution < 1.29 is 8.42 Å². The zero-order chi connectivity index (χ0) is 15.8. The van der Waals surface area contributed by atoms with Crippen LogP contribution in [0.3, 0.4) is 0 Å². The van der Waals surface area contributed by atoms with Gasteiger partial charge in [0.15, 0.2) is 5.96 Å². The maximum Gasteiger partial charge on any atom is 0.213 e. The second kappa shape index (κ2) is 10.7. The van der Waals surface area contributed by atoms with Gasteiger partial charge in [0.2, 0.25) is 10.0 Å². The third-order valence-corrected chi connectivity index (χ3v) is 5.99. The molecule has 2 rings (SSSR count). The zero-order valence-electron chi connectivity index (χ0n) is 13.8. The van der Waals surface area contributed by atoms with Crippen LogP contribution in [0.2, 0.25) is 0 Å². The SMILES string of the molecule is I.NC(=NCCS(=O)(=O)NCC1CCC1)NC1CCCCCC1. The van der Waals surface area contributed by atoms with E-state index in [0.29, 0.717) is 24.5 Å². The molecule has 0 saturated heterocycles. The molecule has 0 bridgehead atoms. The minimum absolute atomic E-state index is 0. The average Bonchev–Trinajstić information content (AvgIpc) is 2.65. The number of hydrogen-bond donors (Lipinski definition) is 3. The lowest BCUT2D eigenvalue weighted by Gasteiger charge is -2.25. The topological polar surface area (TPSA) is 96.6 Å². The molecule has 0 aromatic rings. The van der Waals surface area contributed by atoms with Crippen molar-refractivity contribution in [1.82, 2.24) is 10.0 Å². The Morgan fingerprint density at radius 2 is 1.70 bits per heavy atom. The minimum Gasteiger partial charge on any atom is -0.370 e. The van der Waals surface area contributed by atoms with E-state index in [-0.39, 0.29) is 36.3 Å². The number of nitrogens with one attached hydrogen (secondary N) is 2. The summed E-state index contributed by atoms with van der Waals surface area (Å²) in [6.45, 7) is 0.785. The summed E-state index contributed by atoms with van der Waals surface area (Å²) in [5.74, 6) is 0.911. The maximum atomic E-state index is 11.9. The zero-order valence-corrected chi connectivity index (χ0v) is 16.9. The van der Waals surface area contributed by atoms with E-state index in [1.807, 2.05) is 0 Å². The van der Waals surface area contributed by atoms with Crippen LogP contribution in [0.25, 0.3) is 0 Å². The first kappa shape index (κ1) is 21.0. The summed E-state index contributed by atoms with van der Waals surface area (Å²) >= 11 is 0. The fourth-order valence-corrected chi connectivity index (χ4v) is 3.94. The van der Waals surface area contributed by atoms with E-state index in [9.17, 15) is 8.42 Å². The van der Waals surface area contributed by atoms with Gasteiger partial charge in [0, 0.05) is 12.6 Å². The molecule has 4 N–H and O–H groups in total. The molecule has 136 valence electrons. The number of nitrogens with zero attached hydrogens (tertiary/aromatic N) is 1. The summed E-state index contributed by atoms with van der Waals surface area (Å²) in [6.07, 6.45) is 10.8. The van der Waals surface area contributed by atoms with Crippen molar-refractivity contribution >= 4 is 40.0 Å². The first-order valence-corrected chi connectivity index (χ1v) is 10.2. The summed E-state index contributed by atoms with van der Waals surface area (Å²) in [7, 11) is -3.23. The minimum atomic E-state index is -3.23. The van der Waals surface area contributed by atoms with Gasteiger partial charge in [-0.2, -0.15) is 0 Å². The molecular weight excluding hydrogens is 427 g/mol. The number of nitrogens with two attached hydrogens (primary N) is 1. The van der Waals surface area contributed by atoms with Crippen LogP contribution in [-0.2, 0) is 10.0 Å². The quantitative estimate of drug-likeness (QED) is 0.235. The molecule has 6 nitrogen and oxygen atoms in total. The van der Waals surface area contributed by atoms with Crippen LogP contribution in [0.4, 0.5) is 0 Å². The molecule has 2 fully saturated rings. The number of aliphatic imine (C=N–C) groups is 1. The van der Waals surface area contributed by atoms with Crippen LogP contribution in [0.15, 0.2) is 4.99 Å². The summed E-state index contributed by atoms with van der Waals surface area (Å²) in [5, 5.41) is 3.23. The van der Waals surface area contributed by atoms with Crippen LogP contribution in [0.5, 0.6) is 0 Å². The number of sulfonamides is 1. The molecule has 0 atom stereocenters. The Bertz CT molecular complexity index is 458. The van der Waals surface area contributed by atoms with Crippen LogP contribution >= 0.6 is 24.0 Å². The molecule has 0 heterocycles. The Kier molecular flexibility index (Phi) is 9.76. The van der Waals surface area contributed by atoms with Crippen molar-refractivity contribution in [2.24, 2.45) is 16.6 Å². The summed E-state index contributed by atoms with van der Waals surface area (Å²) in [5.41, 5.74) is 5.86. The normalized spacial score (nSPS) is 21.1. The standard InChI is InChI=1S/C15H30N4O2S.HI/c16-15(19-14-8-3-1-2-4-9-14)17-10-11-22(20,21)18-12-13-6-5-7-13;/h13-14,18H,1-12H2,(H3,16,17,19);1H. The largest absolute Gasteiger partial charge is 0.370 e. The molecule has 2 aliphatic carbocycles. The number of hydrogen-bond acceptors (Lipinski definition) is 3. The first-order valence-electron chi connectivity index (χ1n) is 8.59. The van der Waals surface area contributed by atoms with Gasteiger partial charge in [-0.3, -0.25) is 4.99 Å². The molecule has 0 unspecified atom stereocenters. The maximum absolute atomic E-state index is 11.9. The van der Waals surface area contributed by atoms with E-state index < -0.39 is 10.0 Å². The lowest BCUT2D eigenvalue weighted by Crippen LogP contribution is -2.40. The Hall–Kier alpha value is -0.0900. The highest BCUT2D eigenvalue weighted by Gasteiger charge is 2.20. The van der Waals surface area contributed by atoms with Gasteiger partial charge in [-0.15, -0.1) is 24.0 Å². The van der Waals surface area contributed by atoms with Crippen molar-refractivity contribution in [3.63, 3.8) is 0 Å². The lowest BCUT2D eigenvalue weighted by atomic mass is 9.86. The number of halogens is 1. The highest BCUT2D eigenvalue weighted by atomic mass is 127. The molecule has 2 saturated carbocycles. The van der Waals surface area contributed by atoms with Gasteiger partial charge in [-0.25, -0.2) is 13.1 Å². The van der Waals surface area contributed by atoms with Gasteiger partial charge in [0.25, 0.3) is 0 Å². The highest BCUT2D eigenvalue weighted by molar-refractivity contribution is 14.0. The van der Waals surface area contributed by atoms with Crippen molar-refractivity contribution in [1.29, 1.82) is 0 Å². The van der Waals surface area contributed by atoms with E-state index in [2.05, 4.69) is 15.0 Å². The second-order valence-corrected chi connectivity index (χ2v) is 8.49. The molecule has 8 heteroatoms. The molecular formula is C15H31IN4O2S. The average molecular weight is 458 g/mol. The fraction of sp³-hybridized carbons (Fsp3) is 0.933. The Morgan fingerprint density at radius 3 is 2.26 bits per heavy atom. The van der Waals surface area contributed by atoms with Gasteiger partial charge in [-0.05, 0) is 31.6 Å². The van der Waals surface area contributed by atoms with Crippen molar-refractivity contribution in [2.75, 3.05) is 18.8 Å². The van der Waals surface area contributed by atoms with Crippen LogP contribution in [-0.4, -0.2) is 39.3 Å². The predicted molar refractivity (Wildman–Crippen MR) is 106 cm³/mol. The van der Waals surface area contributed by atoms with E-state index in [0.717, 1.165) is 25.7 Å². The van der Waals surface area contributed by atoms with Gasteiger partial charge in [0.1, 0.15) is 0 Å². The number of guanidine groups is 1. The lowest BCUT2D eigenvalue weighted by molar-refractivity contribution is 0.316. The van der Waals surface area contributed by atoms with E-state index in [1.54, 1.807) is 0 Å². The van der Waals surface area contributed by atoms with Crippen molar-refractivity contribution in [3.8, 4) is 0 Å². The smallest absolute Gasteiger partial charge is 0.213 e. The molecule has 0 radical (unpaired) electrons. The monoisotopic (exact) mass is 458 g/mol. The molecule has 0 aliphatic heterocycles. The third-order valence-electron chi connectivity index (χ3n) is 4.67. The van der Waals surface area contributed by atoms with Crippen LogP contribution in [0, 0.1) is 5.92 Å². The van der Waals surface area contributed by atoms with E-state index in [4.69, 9.17) is 5.73 Å². The first-order chi connectivity index (χ1) is 10.6. The molecule has 2 aliphatic rings. The van der Waals surface area contributed by atoms with Gasteiger partial charge < -0.3 is 11.1 Å². The fourth-order valence-electron chi connectivity index (χ4n) is 2.98. The highest BCUT2D eigenvalue weighted by Crippen LogP contribution is 2.25. The molecule has 0 aromatic carbocycles. The van der Waals surface area contributed by atoms with E-state index >= 15 is 0 Å². The van der Waals surface area contributed by atoms with Crippen molar-refractivity contribution in [2.45, 2.75) is 63.8 Å².